The molecular weight excluding hydrogens is 458 g/mol. The van der Waals surface area contributed by atoms with Gasteiger partial charge in [-0.2, -0.15) is 5.10 Å². The molecule has 0 bridgehead atoms. The summed E-state index contributed by atoms with van der Waals surface area (Å²) in [6.45, 7) is 0. The van der Waals surface area contributed by atoms with Gasteiger partial charge in [0.2, 0.25) is 0 Å². The molecule has 0 spiro atoms. The molecule has 2 amide bonds. The summed E-state index contributed by atoms with van der Waals surface area (Å²) in [7, 11) is 3.40. The highest BCUT2D eigenvalue weighted by atomic mass is 35.5. The summed E-state index contributed by atoms with van der Waals surface area (Å²) < 4.78 is 1.89. The highest BCUT2D eigenvalue weighted by molar-refractivity contribution is 7.19. The second kappa shape index (κ2) is 8.49. The van der Waals surface area contributed by atoms with Crippen molar-refractivity contribution in [1.82, 2.24) is 24.6 Å². The lowest BCUT2D eigenvalue weighted by Gasteiger charge is -2.10. The van der Waals surface area contributed by atoms with E-state index in [0.29, 0.717) is 16.0 Å². The lowest BCUT2D eigenvalue weighted by atomic mass is 10.0. The molecule has 3 aromatic heterocycles. The number of nitrogens with zero attached hydrogens (tertiary/aromatic N) is 5. The quantitative estimate of drug-likeness (QED) is 0.436. The molecule has 1 aromatic carbocycles. The molecule has 33 heavy (non-hydrogen) atoms. The Balaban J connectivity index is 1.73. The Hall–Kier alpha value is -3.43. The summed E-state index contributed by atoms with van der Waals surface area (Å²) in [6, 6.07) is 11.1. The fourth-order valence-electron chi connectivity index (χ4n) is 3.89. The van der Waals surface area contributed by atoms with Gasteiger partial charge in [0.1, 0.15) is 5.82 Å². The summed E-state index contributed by atoms with van der Waals surface area (Å²) >= 11 is 8.04. The van der Waals surface area contributed by atoms with Crippen molar-refractivity contribution in [2.75, 3.05) is 25.1 Å². The number of nitrogens with two attached hydrogens (primary N) is 1. The zero-order valence-electron chi connectivity index (χ0n) is 18.2. The number of halogens is 1. The second-order valence-electron chi connectivity index (χ2n) is 7.98. The van der Waals surface area contributed by atoms with Crippen LogP contribution in [0.3, 0.4) is 0 Å². The Bertz CT molecular complexity index is 1340. The smallest absolute Gasteiger partial charge is 0.323 e. The molecule has 5 rings (SSSR count). The Labute approximate surface area is 200 Å². The van der Waals surface area contributed by atoms with Crippen LogP contribution in [0.1, 0.15) is 17.7 Å². The first-order valence-electron chi connectivity index (χ1n) is 10.5. The molecule has 0 saturated heterocycles. The molecule has 0 atom stereocenters. The minimum atomic E-state index is -0.215. The number of nitrogen functional groups attached to an aromatic ring is 1. The summed E-state index contributed by atoms with van der Waals surface area (Å²) in [4.78, 5) is 23.7. The standard InChI is InChI=1S/C23H22ClN7OS/c1-30(2)23(32)28-22-27-16-8-5-6-14-19(13-10-11-18(25)26-12-13)29-31(20(14)21(16)33-22)17-9-4-3-7-15(17)24/h3-4,7,9-12H,5-6,8H2,1-2H3,(H2,25,26)(H,27,28,32). The predicted octanol–water partition coefficient (Wildman–Crippen LogP) is 4.88. The number of benzene rings is 1. The Morgan fingerprint density at radius 3 is 2.76 bits per heavy atom. The molecule has 3 N–H and O–H groups in total. The number of fused-ring (bicyclic) bond motifs is 3. The van der Waals surface area contributed by atoms with Crippen LogP contribution in [-0.2, 0) is 12.8 Å². The fraction of sp³-hybridized carbons (Fsp3) is 0.217. The minimum Gasteiger partial charge on any atom is -0.384 e. The van der Waals surface area contributed by atoms with E-state index < -0.39 is 0 Å². The van der Waals surface area contributed by atoms with Crippen LogP contribution >= 0.6 is 22.9 Å². The van der Waals surface area contributed by atoms with Gasteiger partial charge in [0.25, 0.3) is 0 Å². The number of urea groups is 1. The third-order valence-corrected chi connectivity index (χ3v) is 6.84. The molecule has 10 heteroatoms. The van der Waals surface area contributed by atoms with Crippen molar-refractivity contribution in [3.05, 3.63) is 58.9 Å². The molecule has 0 radical (unpaired) electrons. The molecule has 1 aliphatic carbocycles. The number of amides is 2. The molecule has 4 aromatic rings. The number of aromatic nitrogens is 4. The molecule has 0 aliphatic heterocycles. The first-order chi connectivity index (χ1) is 15.9. The van der Waals surface area contributed by atoms with Crippen LogP contribution in [0.4, 0.5) is 15.7 Å². The molecule has 0 saturated carbocycles. The number of carbonyl (C=O) groups excluding carboxylic acids is 1. The number of hydrogen-bond donors (Lipinski definition) is 2. The number of aryl methyl sites for hydroxylation is 1. The van der Waals surface area contributed by atoms with E-state index in [0.717, 1.165) is 58.0 Å². The number of anilines is 2. The van der Waals surface area contributed by atoms with Gasteiger partial charge >= 0.3 is 6.03 Å². The molecule has 0 fully saturated rings. The van der Waals surface area contributed by atoms with Crippen molar-refractivity contribution < 1.29 is 4.79 Å². The molecule has 0 unspecified atom stereocenters. The topological polar surface area (TPSA) is 102 Å². The number of nitrogens with one attached hydrogen (secondary N) is 1. The average Bonchev–Trinajstić information content (AvgIpc) is 3.31. The summed E-state index contributed by atoms with van der Waals surface area (Å²) in [5.74, 6) is 0.460. The van der Waals surface area contributed by atoms with Gasteiger partial charge in [-0.05, 0) is 43.5 Å². The molecular formula is C23H22ClN7OS. The van der Waals surface area contributed by atoms with E-state index in [4.69, 9.17) is 27.4 Å². The van der Waals surface area contributed by atoms with Crippen LogP contribution in [-0.4, -0.2) is 44.8 Å². The monoisotopic (exact) mass is 479 g/mol. The first kappa shape index (κ1) is 21.4. The highest BCUT2D eigenvalue weighted by Gasteiger charge is 2.29. The van der Waals surface area contributed by atoms with E-state index in [2.05, 4.69) is 10.3 Å². The maximum absolute atomic E-state index is 12.2. The van der Waals surface area contributed by atoms with Gasteiger partial charge in [0.15, 0.2) is 5.13 Å². The van der Waals surface area contributed by atoms with E-state index in [9.17, 15) is 4.79 Å². The Kier molecular flexibility index (Phi) is 5.51. The van der Waals surface area contributed by atoms with Crippen molar-refractivity contribution in [3.63, 3.8) is 0 Å². The molecule has 168 valence electrons. The van der Waals surface area contributed by atoms with Crippen LogP contribution in [0.25, 0.3) is 27.5 Å². The number of pyridine rings is 1. The Morgan fingerprint density at radius 2 is 2.03 bits per heavy atom. The van der Waals surface area contributed by atoms with E-state index in [-0.39, 0.29) is 6.03 Å². The number of hydrogen-bond acceptors (Lipinski definition) is 6. The molecule has 1 aliphatic rings. The van der Waals surface area contributed by atoms with Crippen LogP contribution in [0.15, 0.2) is 42.6 Å². The van der Waals surface area contributed by atoms with Crippen molar-refractivity contribution in [2.45, 2.75) is 19.3 Å². The largest absolute Gasteiger partial charge is 0.384 e. The van der Waals surface area contributed by atoms with Gasteiger partial charge in [-0.25, -0.2) is 19.4 Å². The van der Waals surface area contributed by atoms with E-state index in [1.165, 1.54) is 16.2 Å². The SMILES string of the molecule is CN(C)C(=O)Nc1nc2c(s1)-c1c(c(-c3ccc(N)nc3)nn1-c1ccccc1Cl)CCC2. The van der Waals surface area contributed by atoms with E-state index in [1.807, 2.05) is 35.0 Å². The summed E-state index contributed by atoms with van der Waals surface area (Å²) in [5.41, 5.74) is 11.3. The minimum absolute atomic E-state index is 0.215. The maximum Gasteiger partial charge on any atom is 0.323 e. The van der Waals surface area contributed by atoms with Crippen molar-refractivity contribution in [1.29, 1.82) is 0 Å². The number of para-hydroxylation sites is 1. The number of rotatable bonds is 3. The lowest BCUT2D eigenvalue weighted by Crippen LogP contribution is -2.27. The van der Waals surface area contributed by atoms with Crippen LogP contribution in [0.5, 0.6) is 0 Å². The zero-order valence-corrected chi connectivity index (χ0v) is 19.7. The third kappa shape index (κ3) is 3.94. The summed E-state index contributed by atoms with van der Waals surface area (Å²) in [5, 5.41) is 9.04. The lowest BCUT2D eigenvalue weighted by molar-refractivity contribution is 0.230. The highest BCUT2D eigenvalue weighted by Crippen LogP contribution is 2.43. The van der Waals surface area contributed by atoms with Gasteiger partial charge in [-0.1, -0.05) is 35.1 Å². The van der Waals surface area contributed by atoms with Crippen molar-refractivity contribution in [2.24, 2.45) is 0 Å². The van der Waals surface area contributed by atoms with Crippen LogP contribution in [0, 0.1) is 0 Å². The number of thiazole rings is 1. The van der Waals surface area contributed by atoms with Crippen LogP contribution < -0.4 is 11.1 Å². The first-order valence-corrected chi connectivity index (χ1v) is 11.7. The van der Waals surface area contributed by atoms with Gasteiger partial charge in [0.05, 0.1) is 32.7 Å². The molecule has 8 nitrogen and oxygen atoms in total. The van der Waals surface area contributed by atoms with Crippen LogP contribution in [0.2, 0.25) is 5.02 Å². The van der Waals surface area contributed by atoms with Crippen molar-refractivity contribution in [3.8, 4) is 27.5 Å². The maximum atomic E-state index is 12.2. The normalized spacial score (nSPS) is 12.6. The van der Waals surface area contributed by atoms with E-state index in [1.54, 1.807) is 26.4 Å². The second-order valence-corrected chi connectivity index (χ2v) is 9.39. The molecule has 3 heterocycles. The van der Waals surface area contributed by atoms with E-state index >= 15 is 0 Å². The van der Waals surface area contributed by atoms with Gasteiger partial charge in [-0.3, -0.25) is 5.32 Å². The fourth-order valence-corrected chi connectivity index (χ4v) is 5.17. The van der Waals surface area contributed by atoms with Gasteiger partial charge < -0.3 is 10.6 Å². The Morgan fingerprint density at radius 1 is 1.21 bits per heavy atom. The van der Waals surface area contributed by atoms with Gasteiger partial charge in [0, 0.05) is 31.4 Å². The zero-order chi connectivity index (χ0) is 23.1. The van der Waals surface area contributed by atoms with Crippen molar-refractivity contribution >= 4 is 39.9 Å². The predicted molar refractivity (Wildman–Crippen MR) is 132 cm³/mol. The summed E-state index contributed by atoms with van der Waals surface area (Å²) in [6.07, 6.45) is 4.30. The van der Waals surface area contributed by atoms with Gasteiger partial charge in [-0.15, -0.1) is 0 Å². The third-order valence-electron chi connectivity index (χ3n) is 5.50. The average molecular weight is 480 g/mol. The number of carbonyl (C=O) groups is 1.